The van der Waals surface area contributed by atoms with Crippen molar-refractivity contribution in [2.75, 3.05) is 12.4 Å². The molecule has 2 aromatic carbocycles. The summed E-state index contributed by atoms with van der Waals surface area (Å²) < 4.78 is 11.2. The van der Waals surface area contributed by atoms with Gasteiger partial charge in [-0.1, -0.05) is 12.1 Å². The number of nitrogens with one attached hydrogen (secondary N) is 1. The molecule has 0 aliphatic carbocycles. The third-order valence-electron chi connectivity index (χ3n) is 2.95. The molecule has 2 amide bonds. The van der Waals surface area contributed by atoms with E-state index in [0.717, 1.165) is 10.0 Å². The van der Waals surface area contributed by atoms with Crippen molar-refractivity contribution in [2.45, 2.75) is 6.61 Å². The molecule has 0 aliphatic rings. The Hall–Kier alpha value is -2.54. The molecule has 0 fully saturated rings. The summed E-state index contributed by atoms with van der Waals surface area (Å²) in [5, 5.41) is 2.40. The van der Waals surface area contributed by atoms with Crippen molar-refractivity contribution in [3.63, 3.8) is 0 Å². The summed E-state index contributed by atoms with van der Waals surface area (Å²) in [7, 11) is 1.58. The second-order valence-electron chi connectivity index (χ2n) is 4.62. The fourth-order valence-electron chi connectivity index (χ4n) is 1.90. The van der Waals surface area contributed by atoms with Crippen molar-refractivity contribution in [3.05, 3.63) is 58.1 Å². The van der Waals surface area contributed by atoms with Crippen molar-refractivity contribution in [1.82, 2.24) is 0 Å². The zero-order valence-corrected chi connectivity index (χ0v) is 13.9. The number of amides is 2. The molecule has 0 saturated carbocycles. The molecule has 0 radical (unpaired) electrons. The first kappa shape index (κ1) is 16.8. The summed E-state index contributed by atoms with van der Waals surface area (Å²) in [5.41, 5.74) is 6.61. The number of esters is 1. The van der Waals surface area contributed by atoms with Crippen molar-refractivity contribution in [3.8, 4) is 5.75 Å². The van der Waals surface area contributed by atoms with Crippen molar-refractivity contribution < 1.29 is 19.1 Å². The lowest BCUT2D eigenvalue weighted by Crippen LogP contribution is -2.19. The number of carbonyl (C=O) groups excluding carboxylic acids is 2. The van der Waals surface area contributed by atoms with Gasteiger partial charge in [0.2, 0.25) is 0 Å². The fourth-order valence-corrected chi connectivity index (χ4v) is 2.49. The molecule has 6 nitrogen and oxygen atoms in total. The number of benzene rings is 2. The summed E-state index contributed by atoms with van der Waals surface area (Å²) in [5.74, 6) is 0.204. The van der Waals surface area contributed by atoms with Gasteiger partial charge < -0.3 is 20.5 Å². The van der Waals surface area contributed by atoms with Crippen LogP contribution in [0.3, 0.4) is 0 Å². The lowest BCUT2D eigenvalue weighted by atomic mass is 10.2. The van der Waals surface area contributed by atoms with Crippen LogP contribution in [-0.2, 0) is 11.3 Å². The average Bonchev–Trinajstić information content (AvgIpc) is 2.52. The Kier molecular flexibility index (Phi) is 5.59. The number of hydrogen-bond donors (Lipinski definition) is 2. The Morgan fingerprint density at radius 1 is 1.22 bits per heavy atom. The number of anilines is 1. The van der Waals surface area contributed by atoms with Gasteiger partial charge in [0.05, 0.1) is 17.1 Å². The molecule has 0 unspecified atom stereocenters. The van der Waals surface area contributed by atoms with Crippen LogP contribution in [-0.4, -0.2) is 19.1 Å². The number of urea groups is 1. The zero-order valence-electron chi connectivity index (χ0n) is 12.3. The minimum atomic E-state index is -0.696. The largest absolute Gasteiger partial charge is 0.496 e. The second-order valence-corrected chi connectivity index (χ2v) is 5.47. The average molecular weight is 379 g/mol. The van der Waals surface area contributed by atoms with Crippen LogP contribution in [0.15, 0.2) is 46.9 Å². The predicted octanol–water partition coefficient (Wildman–Crippen LogP) is 3.31. The SMILES string of the molecule is COc1ccc(COC(=O)c2cccc(NC(N)=O)c2)cc1Br. The van der Waals surface area contributed by atoms with Crippen LogP contribution in [0, 0.1) is 0 Å². The van der Waals surface area contributed by atoms with Gasteiger partial charge in [-0.05, 0) is 51.8 Å². The summed E-state index contributed by atoms with van der Waals surface area (Å²) in [6.45, 7) is 0.120. The Morgan fingerprint density at radius 3 is 2.65 bits per heavy atom. The molecule has 120 valence electrons. The second kappa shape index (κ2) is 7.64. The number of primary amides is 1. The number of halogens is 1. The van der Waals surface area contributed by atoms with E-state index in [2.05, 4.69) is 21.2 Å². The Bertz CT molecular complexity index is 734. The molecule has 0 spiro atoms. The van der Waals surface area contributed by atoms with Crippen molar-refractivity contribution in [2.24, 2.45) is 5.73 Å². The van der Waals surface area contributed by atoms with Crippen molar-refractivity contribution in [1.29, 1.82) is 0 Å². The van der Waals surface area contributed by atoms with E-state index in [1.165, 1.54) is 6.07 Å². The molecule has 3 N–H and O–H groups in total. The normalized spacial score (nSPS) is 10.0. The molecule has 2 aromatic rings. The number of carbonyl (C=O) groups is 2. The predicted molar refractivity (Wildman–Crippen MR) is 89.5 cm³/mol. The first-order valence-corrected chi connectivity index (χ1v) is 7.45. The third kappa shape index (κ3) is 4.72. The number of ether oxygens (including phenoxy) is 2. The van der Waals surface area contributed by atoms with Crippen LogP contribution >= 0.6 is 15.9 Å². The van der Waals surface area contributed by atoms with E-state index in [1.807, 2.05) is 12.1 Å². The van der Waals surface area contributed by atoms with Crippen LogP contribution in [0.4, 0.5) is 10.5 Å². The summed E-state index contributed by atoms with van der Waals surface area (Å²) in [6.07, 6.45) is 0. The van der Waals surface area contributed by atoms with Gasteiger partial charge in [0.25, 0.3) is 0 Å². The number of hydrogen-bond acceptors (Lipinski definition) is 4. The Morgan fingerprint density at radius 2 is 2.00 bits per heavy atom. The molecule has 0 bridgehead atoms. The van der Waals surface area contributed by atoms with Gasteiger partial charge in [0.15, 0.2) is 0 Å². The topological polar surface area (TPSA) is 90.7 Å². The van der Waals surface area contributed by atoms with E-state index < -0.39 is 12.0 Å². The summed E-state index contributed by atoms with van der Waals surface area (Å²) >= 11 is 3.37. The number of nitrogens with two attached hydrogens (primary N) is 1. The molecule has 0 aromatic heterocycles. The fraction of sp³-hybridized carbons (Fsp3) is 0.125. The van der Waals surface area contributed by atoms with Crippen LogP contribution in [0.25, 0.3) is 0 Å². The zero-order chi connectivity index (χ0) is 16.8. The van der Waals surface area contributed by atoms with E-state index in [1.54, 1.807) is 31.4 Å². The van der Waals surface area contributed by atoms with Crippen LogP contribution in [0.2, 0.25) is 0 Å². The van der Waals surface area contributed by atoms with Crippen LogP contribution in [0.1, 0.15) is 15.9 Å². The smallest absolute Gasteiger partial charge is 0.338 e. The van der Waals surface area contributed by atoms with E-state index in [-0.39, 0.29) is 6.61 Å². The molecule has 0 atom stereocenters. The maximum Gasteiger partial charge on any atom is 0.338 e. The highest BCUT2D eigenvalue weighted by atomic mass is 79.9. The van der Waals surface area contributed by atoms with Gasteiger partial charge >= 0.3 is 12.0 Å². The van der Waals surface area contributed by atoms with E-state index in [9.17, 15) is 9.59 Å². The lowest BCUT2D eigenvalue weighted by Gasteiger charge is -2.08. The highest BCUT2D eigenvalue weighted by Crippen LogP contribution is 2.26. The summed E-state index contributed by atoms with van der Waals surface area (Å²) in [4.78, 5) is 22.9. The molecular weight excluding hydrogens is 364 g/mol. The maximum atomic E-state index is 12.1. The van der Waals surface area contributed by atoms with Crippen molar-refractivity contribution >= 4 is 33.6 Å². The first-order valence-electron chi connectivity index (χ1n) is 6.65. The minimum absolute atomic E-state index is 0.120. The quantitative estimate of drug-likeness (QED) is 0.780. The third-order valence-corrected chi connectivity index (χ3v) is 3.57. The van der Waals surface area contributed by atoms with Gasteiger partial charge in [0.1, 0.15) is 12.4 Å². The summed E-state index contributed by atoms with van der Waals surface area (Å²) in [6, 6.07) is 11.1. The Labute approximate surface area is 141 Å². The van der Waals surface area contributed by atoms with Crippen LogP contribution < -0.4 is 15.8 Å². The number of methoxy groups -OCH3 is 1. The van der Waals surface area contributed by atoms with Gasteiger partial charge in [-0.15, -0.1) is 0 Å². The molecule has 0 aliphatic heterocycles. The van der Waals surface area contributed by atoms with Crippen LogP contribution in [0.5, 0.6) is 5.75 Å². The molecule has 2 rings (SSSR count). The van der Waals surface area contributed by atoms with Gasteiger partial charge in [-0.25, -0.2) is 9.59 Å². The molecule has 0 heterocycles. The standard InChI is InChI=1S/C16H15BrN2O4/c1-22-14-6-5-10(7-13(14)17)9-23-15(20)11-3-2-4-12(8-11)19-16(18)21/h2-8H,9H2,1H3,(H3,18,19,21). The highest BCUT2D eigenvalue weighted by molar-refractivity contribution is 9.10. The van der Waals surface area contributed by atoms with Gasteiger partial charge in [-0.3, -0.25) is 0 Å². The molecular formula is C16H15BrN2O4. The molecule has 0 saturated heterocycles. The highest BCUT2D eigenvalue weighted by Gasteiger charge is 2.09. The number of rotatable bonds is 5. The van der Waals surface area contributed by atoms with Gasteiger partial charge in [0, 0.05) is 5.69 Å². The molecule has 23 heavy (non-hydrogen) atoms. The Balaban J connectivity index is 2.02. The monoisotopic (exact) mass is 378 g/mol. The molecule has 7 heteroatoms. The maximum absolute atomic E-state index is 12.1. The lowest BCUT2D eigenvalue weighted by molar-refractivity contribution is 0.0472. The first-order chi connectivity index (χ1) is 11.0. The van der Waals surface area contributed by atoms with E-state index in [4.69, 9.17) is 15.2 Å². The van der Waals surface area contributed by atoms with E-state index in [0.29, 0.717) is 17.0 Å². The van der Waals surface area contributed by atoms with E-state index >= 15 is 0 Å². The van der Waals surface area contributed by atoms with Gasteiger partial charge in [-0.2, -0.15) is 0 Å². The minimum Gasteiger partial charge on any atom is -0.496 e.